The maximum atomic E-state index is 11.9. The van der Waals surface area contributed by atoms with E-state index in [0.29, 0.717) is 18.1 Å². The predicted molar refractivity (Wildman–Crippen MR) is 66.7 cm³/mol. The molecule has 1 fully saturated rings. The van der Waals surface area contributed by atoms with Crippen molar-refractivity contribution < 1.29 is 4.79 Å². The molecule has 0 aromatic rings. The van der Waals surface area contributed by atoms with Crippen LogP contribution in [0.4, 0.5) is 0 Å². The molecule has 1 unspecified atom stereocenters. The quantitative estimate of drug-likeness (QED) is 0.815. The fourth-order valence-corrected chi connectivity index (χ4v) is 1.93. The van der Waals surface area contributed by atoms with Gasteiger partial charge in [-0.25, -0.2) is 0 Å². The molecule has 1 rings (SSSR count). The molecule has 92 valence electrons. The lowest BCUT2D eigenvalue weighted by atomic mass is 10.1. The molecule has 0 aromatic carbocycles. The predicted octanol–water partition coefficient (Wildman–Crippen LogP) is 0.667. The summed E-state index contributed by atoms with van der Waals surface area (Å²) >= 11 is 11.4. The first-order valence-electron chi connectivity index (χ1n) is 5.17. The molecule has 6 heteroatoms. The highest BCUT2D eigenvalue weighted by molar-refractivity contribution is 6.36. The molecule has 0 aliphatic carbocycles. The fourth-order valence-electron chi connectivity index (χ4n) is 1.71. The van der Waals surface area contributed by atoms with Gasteiger partial charge >= 0.3 is 0 Å². The maximum Gasteiger partial charge on any atom is 0.240 e. The van der Waals surface area contributed by atoms with Crippen LogP contribution in [0.3, 0.4) is 0 Å². The van der Waals surface area contributed by atoms with E-state index in [-0.39, 0.29) is 11.9 Å². The average Bonchev–Trinajstić information content (AvgIpc) is 2.28. The Morgan fingerprint density at radius 3 is 2.88 bits per heavy atom. The second kappa shape index (κ2) is 6.45. The van der Waals surface area contributed by atoms with Crippen molar-refractivity contribution in [2.24, 2.45) is 0 Å². The number of carbonyl (C=O) groups is 1. The van der Waals surface area contributed by atoms with Crippen LogP contribution in [0.25, 0.3) is 0 Å². The Kier molecular flexibility index (Phi) is 5.55. The number of amides is 1. The minimum absolute atomic E-state index is 0.0891. The number of halogens is 2. The summed E-state index contributed by atoms with van der Waals surface area (Å²) < 4.78 is 0. The van der Waals surface area contributed by atoms with Crippen LogP contribution >= 0.6 is 23.2 Å². The van der Waals surface area contributed by atoms with Crippen LogP contribution in [-0.2, 0) is 4.79 Å². The zero-order valence-corrected chi connectivity index (χ0v) is 11.1. The SMILES string of the molecule is CN(C)C(=O)C1CNCCN1CC(Cl)=CCl. The van der Waals surface area contributed by atoms with Gasteiger partial charge in [0.05, 0.1) is 0 Å². The Morgan fingerprint density at radius 2 is 2.31 bits per heavy atom. The lowest BCUT2D eigenvalue weighted by Crippen LogP contribution is -2.57. The summed E-state index contributed by atoms with van der Waals surface area (Å²) in [7, 11) is 3.52. The number of hydrogen-bond donors (Lipinski definition) is 1. The van der Waals surface area contributed by atoms with E-state index in [1.807, 2.05) is 4.90 Å². The van der Waals surface area contributed by atoms with Gasteiger partial charge in [0, 0.05) is 50.8 Å². The maximum absolute atomic E-state index is 11.9. The van der Waals surface area contributed by atoms with Crippen molar-refractivity contribution in [2.45, 2.75) is 6.04 Å². The van der Waals surface area contributed by atoms with E-state index in [4.69, 9.17) is 23.2 Å². The van der Waals surface area contributed by atoms with E-state index in [9.17, 15) is 4.79 Å². The van der Waals surface area contributed by atoms with E-state index in [2.05, 4.69) is 5.32 Å². The van der Waals surface area contributed by atoms with Gasteiger partial charge in [-0.2, -0.15) is 0 Å². The first kappa shape index (κ1) is 13.8. The van der Waals surface area contributed by atoms with Crippen LogP contribution < -0.4 is 5.32 Å². The third kappa shape index (κ3) is 3.63. The number of rotatable bonds is 3. The van der Waals surface area contributed by atoms with Crippen molar-refractivity contribution in [3.63, 3.8) is 0 Å². The van der Waals surface area contributed by atoms with Gasteiger partial charge in [0.15, 0.2) is 0 Å². The van der Waals surface area contributed by atoms with Crippen LogP contribution in [0.2, 0.25) is 0 Å². The largest absolute Gasteiger partial charge is 0.347 e. The third-order valence-corrected chi connectivity index (χ3v) is 3.16. The Hall–Kier alpha value is -0.290. The van der Waals surface area contributed by atoms with E-state index < -0.39 is 0 Å². The molecule has 1 saturated heterocycles. The Labute approximate surface area is 106 Å². The number of likely N-dealkylation sites (N-methyl/N-ethyl adjacent to an activating group) is 1. The van der Waals surface area contributed by atoms with Crippen molar-refractivity contribution in [2.75, 3.05) is 40.3 Å². The van der Waals surface area contributed by atoms with Gasteiger partial charge in [0.25, 0.3) is 0 Å². The monoisotopic (exact) mass is 265 g/mol. The molecule has 0 bridgehead atoms. The van der Waals surface area contributed by atoms with Crippen molar-refractivity contribution in [3.05, 3.63) is 10.6 Å². The normalized spacial score (nSPS) is 23.2. The summed E-state index contributed by atoms with van der Waals surface area (Å²) in [5, 5.41) is 3.76. The number of piperazine rings is 1. The molecule has 1 aliphatic rings. The second-order valence-electron chi connectivity index (χ2n) is 3.98. The first-order valence-corrected chi connectivity index (χ1v) is 5.98. The summed E-state index contributed by atoms with van der Waals surface area (Å²) in [4.78, 5) is 15.6. The number of nitrogens with one attached hydrogen (secondary N) is 1. The molecule has 1 atom stereocenters. The van der Waals surface area contributed by atoms with Crippen molar-refractivity contribution in [3.8, 4) is 0 Å². The van der Waals surface area contributed by atoms with Crippen LogP contribution in [0, 0.1) is 0 Å². The molecule has 16 heavy (non-hydrogen) atoms. The van der Waals surface area contributed by atoms with E-state index in [1.54, 1.807) is 19.0 Å². The highest BCUT2D eigenvalue weighted by Crippen LogP contribution is 2.12. The molecular weight excluding hydrogens is 249 g/mol. The smallest absolute Gasteiger partial charge is 0.240 e. The molecule has 1 heterocycles. The van der Waals surface area contributed by atoms with E-state index in [1.165, 1.54) is 5.54 Å². The van der Waals surface area contributed by atoms with E-state index in [0.717, 1.165) is 13.1 Å². The fraction of sp³-hybridized carbons (Fsp3) is 0.700. The molecule has 0 spiro atoms. The third-order valence-electron chi connectivity index (χ3n) is 2.55. The second-order valence-corrected chi connectivity index (χ2v) is 4.68. The van der Waals surface area contributed by atoms with Crippen LogP contribution in [0.1, 0.15) is 0 Å². The van der Waals surface area contributed by atoms with Crippen LogP contribution in [0.15, 0.2) is 10.6 Å². The van der Waals surface area contributed by atoms with Crippen molar-refractivity contribution in [1.29, 1.82) is 0 Å². The lowest BCUT2D eigenvalue weighted by molar-refractivity contribution is -0.134. The standard InChI is InChI=1S/C10H17Cl2N3O/c1-14(2)10(16)9-6-13-3-4-15(9)7-8(12)5-11/h5,9,13H,3-4,6-7H2,1-2H3. The number of carbonyl (C=O) groups excluding carboxylic acids is 1. The molecule has 1 aliphatic heterocycles. The minimum Gasteiger partial charge on any atom is -0.347 e. The summed E-state index contributed by atoms with van der Waals surface area (Å²) in [6.45, 7) is 2.84. The Balaban J connectivity index is 2.67. The van der Waals surface area contributed by atoms with E-state index >= 15 is 0 Å². The Morgan fingerprint density at radius 1 is 1.62 bits per heavy atom. The molecule has 0 radical (unpaired) electrons. The zero-order chi connectivity index (χ0) is 12.1. The van der Waals surface area contributed by atoms with Crippen LogP contribution in [0.5, 0.6) is 0 Å². The number of nitrogens with zero attached hydrogens (tertiary/aromatic N) is 2. The van der Waals surface area contributed by atoms with Crippen LogP contribution in [-0.4, -0.2) is 62.0 Å². The van der Waals surface area contributed by atoms with Gasteiger partial charge in [0.2, 0.25) is 5.91 Å². The molecule has 1 amide bonds. The topological polar surface area (TPSA) is 35.6 Å². The minimum atomic E-state index is -0.158. The lowest BCUT2D eigenvalue weighted by Gasteiger charge is -2.36. The molecule has 0 saturated carbocycles. The first-order chi connectivity index (χ1) is 7.56. The average molecular weight is 266 g/mol. The highest BCUT2D eigenvalue weighted by atomic mass is 35.5. The molecule has 4 nitrogen and oxygen atoms in total. The summed E-state index contributed by atoms with van der Waals surface area (Å²) in [6, 6.07) is -0.158. The molecule has 0 aromatic heterocycles. The molecular formula is C10H17Cl2N3O. The van der Waals surface area contributed by atoms with Gasteiger partial charge in [-0.3, -0.25) is 9.69 Å². The van der Waals surface area contributed by atoms with Gasteiger partial charge in [-0.05, 0) is 0 Å². The van der Waals surface area contributed by atoms with Gasteiger partial charge in [-0.1, -0.05) is 23.2 Å². The Bertz CT molecular complexity index is 281. The van der Waals surface area contributed by atoms with Gasteiger partial charge in [0.1, 0.15) is 6.04 Å². The van der Waals surface area contributed by atoms with Gasteiger partial charge in [-0.15, -0.1) is 0 Å². The highest BCUT2D eigenvalue weighted by Gasteiger charge is 2.29. The number of hydrogen-bond acceptors (Lipinski definition) is 3. The molecule has 1 N–H and O–H groups in total. The van der Waals surface area contributed by atoms with Crippen molar-refractivity contribution in [1.82, 2.24) is 15.1 Å². The summed E-state index contributed by atoms with van der Waals surface area (Å²) in [5.41, 5.74) is 1.35. The zero-order valence-electron chi connectivity index (χ0n) is 9.54. The van der Waals surface area contributed by atoms with Crippen molar-refractivity contribution >= 4 is 29.1 Å². The summed E-state index contributed by atoms with van der Waals surface area (Å²) in [6.07, 6.45) is 0. The van der Waals surface area contributed by atoms with Gasteiger partial charge < -0.3 is 10.2 Å². The summed E-state index contributed by atoms with van der Waals surface area (Å²) in [5.74, 6) is 0.0891.